The topological polar surface area (TPSA) is 33.5 Å². The van der Waals surface area contributed by atoms with Crippen molar-refractivity contribution >= 4 is 6.29 Å². The van der Waals surface area contributed by atoms with E-state index in [2.05, 4.69) is 11.8 Å². The smallest absolute Gasteiger partial charge is 0.185 e. The SMILES string of the molecule is CC1CCCCCN1Cc1ccc(C=O)o1. The Bertz CT molecular complexity index is 345. The fourth-order valence-corrected chi connectivity index (χ4v) is 2.31. The van der Waals surface area contributed by atoms with Crippen LogP contribution >= 0.6 is 0 Å². The van der Waals surface area contributed by atoms with Crippen molar-refractivity contribution in [1.82, 2.24) is 4.90 Å². The van der Waals surface area contributed by atoms with Gasteiger partial charge < -0.3 is 4.42 Å². The van der Waals surface area contributed by atoms with Crippen LogP contribution in [0.15, 0.2) is 16.5 Å². The number of rotatable bonds is 3. The van der Waals surface area contributed by atoms with E-state index in [1.54, 1.807) is 6.07 Å². The van der Waals surface area contributed by atoms with Crippen LogP contribution in [0.4, 0.5) is 0 Å². The van der Waals surface area contributed by atoms with Gasteiger partial charge in [-0.05, 0) is 38.4 Å². The number of likely N-dealkylation sites (tertiary alicyclic amines) is 1. The van der Waals surface area contributed by atoms with Crippen LogP contribution in [0.1, 0.15) is 48.9 Å². The molecule has 1 aromatic rings. The highest BCUT2D eigenvalue weighted by atomic mass is 16.3. The van der Waals surface area contributed by atoms with Crippen molar-refractivity contribution in [1.29, 1.82) is 0 Å². The second kappa shape index (κ2) is 5.30. The van der Waals surface area contributed by atoms with Crippen LogP contribution < -0.4 is 0 Å². The Morgan fingerprint density at radius 2 is 2.31 bits per heavy atom. The van der Waals surface area contributed by atoms with Crippen molar-refractivity contribution in [3.63, 3.8) is 0 Å². The second-order valence-corrected chi connectivity index (χ2v) is 4.59. The second-order valence-electron chi connectivity index (χ2n) is 4.59. The summed E-state index contributed by atoms with van der Waals surface area (Å²) in [5, 5.41) is 0. The molecule has 1 saturated heterocycles. The lowest BCUT2D eigenvalue weighted by Gasteiger charge is -2.25. The first-order valence-electron chi connectivity index (χ1n) is 6.07. The van der Waals surface area contributed by atoms with Crippen LogP contribution in [0.3, 0.4) is 0 Å². The minimum Gasteiger partial charge on any atom is -0.457 e. The highest BCUT2D eigenvalue weighted by Crippen LogP contribution is 2.19. The predicted molar refractivity (Wildman–Crippen MR) is 62.4 cm³/mol. The third kappa shape index (κ3) is 2.73. The maximum absolute atomic E-state index is 10.5. The minimum atomic E-state index is 0.428. The van der Waals surface area contributed by atoms with E-state index in [9.17, 15) is 4.79 Å². The molecule has 1 aliphatic heterocycles. The molecular formula is C13H19NO2. The number of carbonyl (C=O) groups excluding carboxylic acids is 1. The molecule has 88 valence electrons. The zero-order chi connectivity index (χ0) is 11.4. The molecule has 0 amide bonds. The number of carbonyl (C=O) groups is 1. The van der Waals surface area contributed by atoms with Crippen LogP contribution in [-0.2, 0) is 6.54 Å². The fraction of sp³-hybridized carbons (Fsp3) is 0.615. The Kier molecular flexibility index (Phi) is 3.78. The number of hydrogen-bond donors (Lipinski definition) is 0. The average molecular weight is 221 g/mol. The highest BCUT2D eigenvalue weighted by Gasteiger charge is 2.18. The maximum Gasteiger partial charge on any atom is 0.185 e. The van der Waals surface area contributed by atoms with Gasteiger partial charge >= 0.3 is 0 Å². The molecular weight excluding hydrogens is 202 g/mol. The van der Waals surface area contributed by atoms with Crippen LogP contribution in [0, 0.1) is 0 Å². The molecule has 1 atom stereocenters. The number of hydrogen-bond acceptors (Lipinski definition) is 3. The molecule has 16 heavy (non-hydrogen) atoms. The van der Waals surface area contributed by atoms with Gasteiger partial charge in [0.05, 0.1) is 6.54 Å². The van der Waals surface area contributed by atoms with E-state index in [4.69, 9.17) is 4.42 Å². The first-order chi connectivity index (χ1) is 7.79. The quantitative estimate of drug-likeness (QED) is 0.736. The van der Waals surface area contributed by atoms with Crippen molar-refractivity contribution in [2.75, 3.05) is 6.54 Å². The highest BCUT2D eigenvalue weighted by molar-refractivity contribution is 5.70. The Morgan fingerprint density at radius 1 is 1.44 bits per heavy atom. The van der Waals surface area contributed by atoms with E-state index in [1.807, 2.05) is 6.07 Å². The van der Waals surface area contributed by atoms with Crippen LogP contribution in [0.5, 0.6) is 0 Å². The molecule has 0 saturated carbocycles. The van der Waals surface area contributed by atoms with E-state index in [-0.39, 0.29) is 0 Å². The fourth-order valence-electron chi connectivity index (χ4n) is 2.31. The molecule has 0 radical (unpaired) electrons. The first-order valence-corrected chi connectivity index (χ1v) is 6.07. The van der Waals surface area contributed by atoms with Gasteiger partial charge in [0.2, 0.25) is 0 Å². The van der Waals surface area contributed by atoms with Gasteiger partial charge in [-0.1, -0.05) is 12.8 Å². The monoisotopic (exact) mass is 221 g/mol. The molecule has 1 fully saturated rings. The van der Waals surface area contributed by atoms with Gasteiger partial charge in [-0.3, -0.25) is 9.69 Å². The molecule has 3 nitrogen and oxygen atoms in total. The van der Waals surface area contributed by atoms with Gasteiger partial charge in [-0.25, -0.2) is 0 Å². The lowest BCUT2D eigenvalue weighted by molar-refractivity contribution is 0.109. The molecule has 2 heterocycles. The number of nitrogens with zero attached hydrogens (tertiary/aromatic N) is 1. The van der Waals surface area contributed by atoms with Crippen molar-refractivity contribution in [3.05, 3.63) is 23.7 Å². The van der Waals surface area contributed by atoms with Gasteiger partial charge in [-0.15, -0.1) is 0 Å². The molecule has 0 aromatic carbocycles. The average Bonchev–Trinajstić information content (AvgIpc) is 2.65. The molecule has 0 N–H and O–H groups in total. The zero-order valence-electron chi connectivity index (χ0n) is 9.82. The number of furan rings is 1. The van der Waals surface area contributed by atoms with Crippen molar-refractivity contribution < 1.29 is 9.21 Å². The summed E-state index contributed by atoms with van der Waals surface area (Å²) in [5.41, 5.74) is 0. The van der Waals surface area contributed by atoms with Crippen molar-refractivity contribution in [3.8, 4) is 0 Å². The van der Waals surface area contributed by atoms with E-state index in [0.29, 0.717) is 11.8 Å². The third-order valence-electron chi connectivity index (χ3n) is 3.35. The summed E-state index contributed by atoms with van der Waals surface area (Å²) in [6, 6.07) is 4.26. The predicted octanol–water partition coefficient (Wildman–Crippen LogP) is 2.86. The Labute approximate surface area is 96.4 Å². The van der Waals surface area contributed by atoms with Gasteiger partial charge in [-0.2, -0.15) is 0 Å². The molecule has 1 aromatic heterocycles. The first kappa shape index (κ1) is 11.4. The summed E-state index contributed by atoms with van der Waals surface area (Å²) in [5.74, 6) is 1.33. The van der Waals surface area contributed by atoms with E-state index < -0.39 is 0 Å². The molecule has 3 heteroatoms. The molecule has 2 rings (SSSR count). The van der Waals surface area contributed by atoms with Gasteiger partial charge in [0, 0.05) is 6.04 Å². The lowest BCUT2D eigenvalue weighted by atomic mass is 10.1. The summed E-state index contributed by atoms with van der Waals surface area (Å²) in [6.45, 7) is 4.24. The number of aldehydes is 1. The van der Waals surface area contributed by atoms with E-state index in [0.717, 1.165) is 25.1 Å². The standard InChI is InChI=1S/C13H19NO2/c1-11-5-3-2-4-8-14(11)9-12-6-7-13(10-15)16-12/h6-7,10-11H,2-5,8-9H2,1H3. The minimum absolute atomic E-state index is 0.428. The summed E-state index contributed by atoms with van der Waals surface area (Å²) in [6.07, 6.45) is 5.95. The van der Waals surface area contributed by atoms with Gasteiger partial charge in [0.25, 0.3) is 0 Å². The van der Waals surface area contributed by atoms with Crippen LogP contribution in [0.2, 0.25) is 0 Å². The maximum atomic E-state index is 10.5. The Hall–Kier alpha value is -1.09. The van der Waals surface area contributed by atoms with Crippen molar-refractivity contribution in [2.45, 2.75) is 45.2 Å². The molecule has 0 aliphatic carbocycles. The van der Waals surface area contributed by atoms with Crippen LogP contribution in [0.25, 0.3) is 0 Å². The Balaban J connectivity index is 1.98. The summed E-state index contributed by atoms with van der Waals surface area (Å²) < 4.78 is 5.41. The zero-order valence-corrected chi connectivity index (χ0v) is 9.82. The normalized spacial score (nSPS) is 22.9. The summed E-state index contributed by atoms with van der Waals surface area (Å²) in [7, 11) is 0. The molecule has 0 spiro atoms. The molecule has 1 aliphatic rings. The third-order valence-corrected chi connectivity index (χ3v) is 3.35. The largest absolute Gasteiger partial charge is 0.457 e. The van der Waals surface area contributed by atoms with Gasteiger partial charge in [0.1, 0.15) is 5.76 Å². The van der Waals surface area contributed by atoms with E-state index in [1.165, 1.54) is 25.7 Å². The Morgan fingerprint density at radius 3 is 3.06 bits per heavy atom. The van der Waals surface area contributed by atoms with Crippen LogP contribution in [-0.4, -0.2) is 23.8 Å². The molecule has 0 bridgehead atoms. The molecule has 1 unspecified atom stereocenters. The lowest BCUT2D eigenvalue weighted by Crippen LogP contribution is -2.31. The summed E-state index contributed by atoms with van der Waals surface area (Å²) >= 11 is 0. The van der Waals surface area contributed by atoms with Gasteiger partial charge in [0.15, 0.2) is 12.0 Å². The van der Waals surface area contributed by atoms with Crippen molar-refractivity contribution in [2.24, 2.45) is 0 Å². The summed E-state index contributed by atoms with van der Waals surface area (Å²) in [4.78, 5) is 13.0. The van der Waals surface area contributed by atoms with E-state index >= 15 is 0 Å².